The highest BCUT2D eigenvalue weighted by atomic mass is 16.4. The first kappa shape index (κ1) is 9.52. The molecule has 0 radical (unpaired) electrons. The van der Waals surface area contributed by atoms with Crippen LogP contribution in [0.2, 0.25) is 0 Å². The van der Waals surface area contributed by atoms with Crippen LogP contribution in [0.25, 0.3) is 0 Å². The van der Waals surface area contributed by atoms with Crippen LogP contribution in [0.4, 0.5) is 0 Å². The Balaban J connectivity index is 2.48. The van der Waals surface area contributed by atoms with Crippen molar-refractivity contribution < 1.29 is 9.90 Å². The number of hydrogen-bond acceptors (Lipinski definition) is 2. The molecule has 0 aromatic carbocycles. The normalized spacial score (nSPS) is 29.1. The maximum atomic E-state index is 10.7. The summed E-state index contributed by atoms with van der Waals surface area (Å²) < 4.78 is 0. The first-order valence-corrected chi connectivity index (χ1v) is 4.48. The van der Waals surface area contributed by atoms with E-state index in [1.807, 2.05) is 7.05 Å². The van der Waals surface area contributed by atoms with Crippen LogP contribution in [-0.4, -0.2) is 35.1 Å². The zero-order chi connectivity index (χ0) is 9.30. The van der Waals surface area contributed by atoms with E-state index in [0.717, 1.165) is 12.8 Å². The fourth-order valence-electron chi connectivity index (χ4n) is 1.64. The monoisotopic (exact) mass is 171 g/mol. The van der Waals surface area contributed by atoms with Crippen LogP contribution in [0.5, 0.6) is 0 Å². The van der Waals surface area contributed by atoms with Gasteiger partial charge in [-0.1, -0.05) is 0 Å². The highest BCUT2D eigenvalue weighted by molar-refractivity contribution is 5.72. The summed E-state index contributed by atoms with van der Waals surface area (Å²) in [4.78, 5) is 12.8. The van der Waals surface area contributed by atoms with Crippen molar-refractivity contribution in [1.82, 2.24) is 4.90 Å². The Hall–Kier alpha value is -0.570. The Kier molecular flexibility index (Phi) is 2.73. The third-order valence-electron chi connectivity index (χ3n) is 2.89. The van der Waals surface area contributed by atoms with E-state index in [1.165, 1.54) is 0 Å². The van der Waals surface area contributed by atoms with Crippen LogP contribution >= 0.6 is 0 Å². The van der Waals surface area contributed by atoms with Crippen molar-refractivity contribution in [1.29, 1.82) is 0 Å². The maximum Gasteiger partial charge on any atom is 0.308 e. The highest BCUT2D eigenvalue weighted by Crippen LogP contribution is 2.32. The van der Waals surface area contributed by atoms with Crippen molar-refractivity contribution in [3.05, 3.63) is 0 Å². The molecule has 12 heavy (non-hydrogen) atoms. The van der Waals surface area contributed by atoms with E-state index in [0.29, 0.717) is 6.04 Å². The van der Waals surface area contributed by atoms with Gasteiger partial charge in [-0.2, -0.15) is 0 Å². The molecule has 2 atom stereocenters. The molecule has 0 aromatic rings. The van der Waals surface area contributed by atoms with Gasteiger partial charge >= 0.3 is 5.97 Å². The number of aliphatic carboxylic acids is 1. The molecule has 70 valence electrons. The Morgan fingerprint density at radius 1 is 1.50 bits per heavy atom. The fourth-order valence-corrected chi connectivity index (χ4v) is 1.64. The molecule has 0 aromatic heterocycles. The molecule has 1 N–H and O–H groups in total. The van der Waals surface area contributed by atoms with Gasteiger partial charge in [-0.3, -0.25) is 4.79 Å². The van der Waals surface area contributed by atoms with Gasteiger partial charge in [0.2, 0.25) is 0 Å². The topological polar surface area (TPSA) is 40.5 Å². The van der Waals surface area contributed by atoms with Crippen LogP contribution < -0.4 is 0 Å². The zero-order valence-electron chi connectivity index (χ0n) is 7.95. The molecule has 1 aliphatic rings. The zero-order valence-corrected chi connectivity index (χ0v) is 7.95. The van der Waals surface area contributed by atoms with Crippen molar-refractivity contribution in [2.45, 2.75) is 38.8 Å². The molecule has 0 heterocycles. The second kappa shape index (κ2) is 3.44. The van der Waals surface area contributed by atoms with E-state index in [4.69, 9.17) is 5.11 Å². The third-order valence-corrected chi connectivity index (χ3v) is 2.89. The molecule has 0 bridgehead atoms. The SMILES string of the molecule is CC(C)N(C)C1CCC1C(=O)O. The van der Waals surface area contributed by atoms with Gasteiger partial charge in [0.1, 0.15) is 0 Å². The molecule has 1 aliphatic carbocycles. The average molecular weight is 171 g/mol. The summed E-state index contributed by atoms with van der Waals surface area (Å²) >= 11 is 0. The molecule has 0 amide bonds. The summed E-state index contributed by atoms with van der Waals surface area (Å²) in [7, 11) is 2.00. The van der Waals surface area contributed by atoms with Gasteiger partial charge in [-0.05, 0) is 33.7 Å². The molecule has 1 saturated carbocycles. The van der Waals surface area contributed by atoms with Crippen LogP contribution in [0.3, 0.4) is 0 Å². The molecular formula is C9H17NO2. The Bertz CT molecular complexity index is 179. The van der Waals surface area contributed by atoms with E-state index >= 15 is 0 Å². The van der Waals surface area contributed by atoms with E-state index < -0.39 is 5.97 Å². The quantitative estimate of drug-likeness (QED) is 0.693. The molecule has 0 aliphatic heterocycles. The van der Waals surface area contributed by atoms with Gasteiger partial charge in [-0.15, -0.1) is 0 Å². The molecule has 3 heteroatoms. The molecule has 3 nitrogen and oxygen atoms in total. The van der Waals surface area contributed by atoms with Gasteiger partial charge in [0.25, 0.3) is 0 Å². The summed E-state index contributed by atoms with van der Waals surface area (Å²) in [6.45, 7) is 4.19. The lowest BCUT2D eigenvalue weighted by Crippen LogP contribution is -2.50. The molecule has 1 rings (SSSR count). The van der Waals surface area contributed by atoms with Crippen molar-refractivity contribution >= 4 is 5.97 Å². The van der Waals surface area contributed by atoms with Crippen molar-refractivity contribution in [3.63, 3.8) is 0 Å². The minimum Gasteiger partial charge on any atom is -0.481 e. The fraction of sp³-hybridized carbons (Fsp3) is 0.889. The van der Waals surface area contributed by atoms with Gasteiger partial charge in [0.15, 0.2) is 0 Å². The number of carbonyl (C=O) groups is 1. The van der Waals surface area contributed by atoms with Gasteiger partial charge in [0.05, 0.1) is 5.92 Å². The number of hydrogen-bond donors (Lipinski definition) is 1. The minimum absolute atomic E-state index is 0.127. The van der Waals surface area contributed by atoms with Gasteiger partial charge in [-0.25, -0.2) is 0 Å². The van der Waals surface area contributed by atoms with Crippen LogP contribution in [0.1, 0.15) is 26.7 Å². The third kappa shape index (κ3) is 1.61. The predicted molar refractivity (Wildman–Crippen MR) is 47.0 cm³/mol. The number of carboxylic acid groups (broad SMARTS) is 1. The Morgan fingerprint density at radius 3 is 2.33 bits per heavy atom. The van der Waals surface area contributed by atoms with Crippen molar-refractivity contribution in [3.8, 4) is 0 Å². The molecule has 0 spiro atoms. The smallest absolute Gasteiger partial charge is 0.308 e. The second-order valence-corrected chi connectivity index (χ2v) is 3.85. The van der Waals surface area contributed by atoms with Crippen molar-refractivity contribution in [2.24, 2.45) is 5.92 Å². The summed E-state index contributed by atoms with van der Waals surface area (Å²) in [5, 5.41) is 8.81. The van der Waals surface area contributed by atoms with E-state index in [2.05, 4.69) is 18.7 Å². The standard InChI is InChI=1S/C9H17NO2/c1-6(2)10(3)8-5-4-7(8)9(11)12/h6-8H,4-5H2,1-3H3,(H,11,12). The van der Waals surface area contributed by atoms with Crippen LogP contribution in [-0.2, 0) is 4.79 Å². The maximum absolute atomic E-state index is 10.7. The van der Waals surface area contributed by atoms with Crippen LogP contribution in [0.15, 0.2) is 0 Å². The summed E-state index contributed by atoms with van der Waals surface area (Å²) in [5.41, 5.74) is 0. The molecule has 1 fully saturated rings. The number of nitrogens with zero attached hydrogens (tertiary/aromatic N) is 1. The first-order chi connectivity index (χ1) is 5.54. The van der Waals surface area contributed by atoms with Gasteiger partial charge in [0, 0.05) is 12.1 Å². The van der Waals surface area contributed by atoms with Crippen molar-refractivity contribution in [2.75, 3.05) is 7.05 Å². The van der Waals surface area contributed by atoms with Gasteiger partial charge < -0.3 is 10.0 Å². The number of carboxylic acids is 1. The van der Waals surface area contributed by atoms with E-state index in [-0.39, 0.29) is 12.0 Å². The minimum atomic E-state index is -0.640. The lowest BCUT2D eigenvalue weighted by molar-refractivity contribution is -0.149. The molecule has 2 unspecified atom stereocenters. The Morgan fingerprint density at radius 2 is 2.08 bits per heavy atom. The highest BCUT2D eigenvalue weighted by Gasteiger charge is 2.39. The Labute approximate surface area is 73.4 Å². The first-order valence-electron chi connectivity index (χ1n) is 4.48. The summed E-state index contributed by atoms with van der Waals surface area (Å²) in [6, 6.07) is 0.708. The molecule has 0 saturated heterocycles. The largest absolute Gasteiger partial charge is 0.481 e. The summed E-state index contributed by atoms with van der Waals surface area (Å²) in [6.07, 6.45) is 1.88. The second-order valence-electron chi connectivity index (χ2n) is 3.85. The predicted octanol–water partition coefficient (Wildman–Crippen LogP) is 1.19. The summed E-state index contributed by atoms with van der Waals surface area (Å²) in [5.74, 6) is -0.767. The molecular weight excluding hydrogens is 154 g/mol. The lowest BCUT2D eigenvalue weighted by atomic mass is 9.78. The van der Waals surface area contributed by atoms with E-state index in [1.54, 1.807) is 0 Å². The number of rotatable bonds is 3. The lowest BCUT2D eigenvalue weighted by Gasteiger charge is -2.42. The average Bonchev–Trinajstić information content (AvgIpc) is 1.82. The van der Waals surface area contributed by atoms with E-state index in [9.17, 15) is 4.79 Å². The van der Waals surface area contributed by atoms with Crippen LogP contribution in [0, 0.1) is 5.92 Å².